The van der Waals surface area contributed by atoms with Crippen LogP contribution in [0, 0.1) is 5.92 Å². The van der Waals surface area contributed by atoms with E-state index in [0.717, 1.165) is 42.0 Å². The zero-order chi connectivity index (χ0) is 19.1. The van der Waals surface area contributed by atoms with Crippen LogP contribution in [0.1, 0.15) is 41.6 Å². The van der Waals surface area contributed by atoms with Gasteiger partial charge in [-0.15, -0.1) is 11.8 Å². The van der Waals surface area contributed by atoms with Gasteiger partial charge >= 0.3 is 0 Å². The first-order valence-electron chi connectivity index (χ1n) is 9.31. The predicted octanol–water partition coefficient (Wildman–Crippen LogP) is 3.49. The van der Waals surface area contributed by atoms with Gasteiger partial charge in [0.25, 0.3) is 5.91 Å². The summed E-state index contributed by atoms with van der Waals surface area (Å²) in [6.45, 7) is 1.49. The smallest absolute Gasteiger partial charge is 0.253 e. The Morgan fingerprint density at radius 2 is 2.04 bits per heavy atom. The van der Waals surface area contributed by atoms with Crippen LogP contribution in [0.25, 0.3) is 0 Å². The standard InChI is InChI=1S/C21H25N3O2S/c22-20(25)10-5-16-4-2-12-24(14-16)21(26)18-6-8-19(9-7-18)27-15-17-3-1-11-23-13-17/h1,3,6-9,11,13,16H,2,4-5,10,12,14-15H2,(H2,22,25). The molecule has 1 aromatic heterocycles. The van der Waals surface area contributed by atoms with E-state index >= 15 is 0 Å². The molecule has 27 heavy (non-hydrogen) atoms. The van der Waals surface area contributed by atoms with Crippen molar-refractivity contribution in [3.05, 3.63) is 59.9 Å². The molecular weight excluding hydrogens is 358 g/mol. The molecule has 1 atom stereocenters. The van der Waals surface area contributed by atoms with Crippen LogP contribution >= 0.6 is 11.8 Å². The number of carbonyl (C=O) groups excluding carboxylic acids is 2. The van der Waals surface area contributed by atoms with Gasteiger partial charge in [0.15, 0.2) is 0 Å². The molecule has 2 amide bonds. The van der Waals surface area contributed by atoms with Gasteiger partial charge in [0.2, 0.25) is 5.91 Å². The fraction of sp³-hybridized carbons (Fsp3) is 0.381. The van der Waals surface area contributed by atoms with Crippen molar-refractivity contribution < 1.29 is 9.59 Å². The van der Waals surface area contributed by atoms with Gasteiger partial charge in [-0.05, 0) is 61.1 Å². The second kappa shape index (κ2) is 9.55. The molecule has 1 aromatic carbocycles. The van der Waals surface area contributed by atoms with E-state index < -0.39 is 0 Å². The van der Waals surface area contributed by atoms with E-state index in [-0.39, 0.29) is 11.8 Å². The van der Waals surface area contributed by atoms with Gasteiger partial charge in [-0.3, -0.25) is 14.6 Å². The van der Waals surface area contributed by atoms with Crippen molar-refractivity contribution in [3.8, 4) is 0 Å². The molecule has 5 nitrogen and oxygen atoms in total. The first kappa shape index (κ1) is 19.4. The van der Waals surface area contributed by atoms with E-state index in [1.54, 1.807) is 18.0 Å². The van der Waals surface area contributed by atoms with Crippen molar-refractivity contribution >= 4 is 23.6 Å². The van der Waals surface area contributed by atoms with E-state index in [9.17, 15) is 9.59 Å². The number of benzene rings is 1. The maximum Gasteiger partial charge on any atom is 0.253 e. The summed E-state index contributed by atoms with van der Waals surface area (Å²) >= 11 is 1.73. The van der Waals surface area contributed by atoms with Gasteiger partial charge in [0, 0.05) is 48.1 Å². The molecule has 0 bridgehead atoms. The van der Waals surface area contributed by atoms with Crippen LogP contribution in [0.5, 0.6) is 0 Å². The lowest BCUT2D eigenvalue weighted by Gasteiger charge is -2.32. The number of nitrogens with two attached hydrogens (primary N) is 1. The number of nitrogens with zero attached hydrogens (tertiary/aromatic N) is 2. The second-order valence-electron chi connectivity index (χ2n) is 6.94. The number of primary amides is 1. The van der Waals surface area contributed by atoms with Crippen LogP contribution in [0.3, 0.4) is 0 Å². The molecule has 1 fully saturated rings. The lowest BCUT2D eigenvalue weighted by molar-refractivity contribution is -0.118. The summed E-state index contributed by atoms with van der Waals surface area (Å²) in [7, 11) is 0. The molecule has 1 saturated heterocycles. The molecule has 1 aliphatic rings. The first-order chi connectivity index (χ1) is 13.1. The average Bonchev–Trinajstić information content (AvgIpc) is 2.71. The Labute approximate surface area is 164 Å². The number of piperidine rings is 1. The zero-order valence-electron chi connectivity index (χ0n) is 15.3. The molecule has 1 aliphatic heterocycles. The molecule has 0 spiro atoms. The van der Waals surface area contributed by atoms with Crippen molar-refractivity contribution in [2.75, 3.05) is 13.1 Å². The van der Waals surface area contributed by atoms with Crippen molar-refractivity contribution in [1.82, 2.24) is 9.88 Å². The summed E-state index contributed by atoms with van der Waals surface area (Å²) < 4.78 is 0. The number of likely N-dealkylation sites (tertiary alicyclic amines) is 1. The van der Waals surface area contributed by atoms with Crippen LogP contribution in [-0.2, 0) is 10.5 Å². The third-order valence-corrected chi connectivity index (χ3v) is 5.92. The van der Waals surface area contributed by atoms with Gasteiger partial charge in [-0.2, -0.15) is 0 Å². The molecule has 2 aromatic rings. The molecule has 2 heterocycles. The van der Waals surface area contributed by atoms with E-state index in [1.807, 2.05) is 41.4 Å². The quantitative estimate of drug-likeness (QED) is 0.743. The third kappa shape index (κ3) is 5.82. The van der Waals surface area contributed by atoms with Gasteiger partial charge < -0.3 is 10.6 Å². The first-order valence-corrected chi connectivity index (χ1v) is 10.3. The highest BCUT2D eigenvalue weighted by atomic mass is 32.2. The fourth-order valence-electron chi connectivity index (χ4n) is 3.36. The molecular formula is C21H25N3O2S. The Morgan fingerprint density at radius 1 is 1.22 bits per heavy atom. The Morgan fingerprint density at radius 3 is 2.74 bits per heavy atom. The molecule has 3 rings (SSSR count). The Balaban J connectivity index is 1.54. The molecule has 0 saturated carbocycles. The van der Waals surface area contributed by atoms with E-state index in [2.05, 4.69) is 11.1 Å². The van der Waals surface area contributed by atoms with Gasteiger partial charge in [-0.25, -0.2) is 0 Å². The Kier molecular flexibility index (Phi) is 6.87. The highest BCUT2D eigenvalue weighted by Crippen LogP contribution is 2.25. The van der Waals surface area contributed by atoms with Crippen molar-refractivity contribution in [3.63, 3.8) is 0 Å². The zero-order valence-corrected chi connectivity index (χ0v) is 16.2. The molecule has 0 aliphatic carbocycles. The number of carbonyl (C=O) groups is 2. The highest BCUT2D eigenvalue weighted by molar-refractivity contribution is 7.98. The number of aromatic nitrogens is 1. The van der Waals surface area contributed by atoms with Gasteiger partial charge in [0.05, 0.1) is 0 Å². The number of hydrogen-bond donors (Lipinski definition) is 1. The maximum absolute atomic E-state index is 12.8. The van der Waals surface area contributed by atoms with Gasteiger partial charge in [-0.1, -0.05) is 6.07 Å². The monoisotopic (exact) mass is 383 g/mol. The summed E-state index contributed by atoms with van der Waals surface area (Å²) in [5.41, 5.74) is 7.14. The van der Waals surface area contributed by atoms with E-state index in [0.29, 0.717) is 18.9 Å². The number of amides is 2. The number of pyridine rings is 1. The normalized spacial score (nSPS) is 16.9. The van der Waals surface area contributed by atoms with E-state index in [1.165, 1.54) is 5.56 Å². The summed E-state index contributed by atoms with van der Waals surface area (Å²) in [6, 6.07) is 11.8. The molecule has 1 unspecified atom stereocenters. The predicted molar refractivity (Wildman–Crippen MR) is 107 cm³/mol. The second-order valence-corrected chi connectivity index (χ2v) is 7.99. The topological polar surface area (TPSA) is 76.3 Å². The Hall–Kier alpha value is -2.34. The van der Waals surface area contributed by atoms with E-state index in [4.69, 9.17) is 5.73 Å². The SMILES string of the molecule is NC(=O)CCC1CCCN(C(=O)c2ccc(SCc3cccnc3)cc2)C1. The van der Waals surface area contributed by atoms with Gasteiger partial charge in [0.1, 0.15) is 0 Å². The summed E-state index contributed by atoms with van der Waals surface area (Å²) in [6.07, 6.45) is 6.84. The average molecular weight is 384 g/mol. The van der Waals surface area contributed by atoms with Crippen LogP contribution in [-0.4, -0.2) is 34.8 Å². The third-order valence-electron chi connectivity index (χ3n) is 4.83. The van der Waals surface area contributed by atoms with Crippen LogP contribution in [0.2, 0.25) is 0 Å². The number of thioether (sulfide) groups is 1. The largest absolute Gasteiger partial charge is 0.370 e. The lowest BCUT2D eigenvalue weighted by Crippen LogP contribution is -2.40. The summed E-state index contributed by atoms with van der Waals surface area (Å²) in [5.74, 6) is 1.03. The van der Waals surface area contributed by atoms with Crippen LogP contribution in [0.4, 0.5) is 0 Å². The fourth-order valence-corrected chi connectivity index (χ4v) is 4.19. The molecule has 6 heteroatoms. The number of rotatable bonds is 7. The lowest BCUT2D eigenvalue weighted by atomic mass is 9.93. The molecule has 142 valence electrons. The summed E-state index contributed by atoms with van der Waals surface area (Å²) in [4.78, 5) is 31.0. The Bertz CT molecular complexity index is 765. The molecule has 0 radical (unpaired) electrons. The van der Waals surface area contributed by atoms with Crippen molar-refractivity contribution in [2.45, 2.75) is 36.3 Å². The maximum atomic E-state index is 12.8. The highest BCUT2D eigenvalue weighted by Gasteiger charge is 2.24. The van der Waals surface area contributed by atoms with Crippen LogP contribution in [0.15, 0.2) is 53.7 Å². The van der Waals surface area contributed by atoms with Crippen molar-refractivity contribution in [2.24, 2.45) is 11.7 Å². The van der Waals surface area contributed by atoms with Crippen LogP contribution < -0.4 is 5.73 Å². The van der Waals surface area contributed by atoms with Crippen molar-refractivity contribution in [1.29, 1.82) is 0 Å². The number of hydrogen-bond acceptors (Lipinski definition) is 4. The minimum atomic E-state index is -0.266. The summed E-state index contributed by atoms with van der Waals surface area (Å²) in [5, 5.41) is 0. The molecule has 2 N–H and O–H groups in total. The minimum absolute atomic E-state index is 0.0718. The minimum Gasteiger partial charge on any atom is -0.370 e.